The third kappa shape index (κ3) is 5.92. The van der Waals surface area contributed by atoms with Crippen LogP contribution in [0.25, 0.3) is 0 Å². The smallest absolute Gasteiger partial charge is 0.0307 e. The van der Waals surface area contributed by atoms with Crippen molar-refractivity contribution in [2.75, 3.05) is 33.7 Å². The van der Waals surface area contributed by atoms with E-state index in [9.17, 15) is 0 Å². The van der Waals surface area contributed by atoms with E-state index in [1.807, 2.05) is 12.1 Å². The SMILES string of the molecule is CCN(CCC(N)c1cccc(Br)c1)C(C)CN(C)C. The van der Waals surface area contributed by atoms with Crippen LogP contribution in [-0.4, -0.2) is 49.6 Å². The molecule has 20 heavy (non-hydrogen) atoms. The van der Waals surface area contributed by atoms with Gasteiger partial charge in [-0.25, -0.2) is 0 Å². The molecule has 0 aliphatic heterocycles. The molecule has 0 amide bonds. The van der Waals surface area contributed by atoms with Crippen LogP contribution in [0.5, 0.6) is 0 Å². The van der Waals surface area contributed by atoms with Gasteiger partial charge in [-0.1, -0.05) is 35.0 Å². The molecule has 0 heterocycles. The number of likely N-dealkylation sites (N-methyl/N-ethyl adjacent to an activating group) is 2. The Balaban J connectivity index is 2.51. The molecule has 0 radical (unpaired) electrons. The van der Waals surface area contributed by atoms with Gasteiger partial charge in [-0.05, 0) is 51.7 Å². The molecule has 1 rings (SSSR count). The van der Waals surface area contributed by atoms with Gasteiger partial charge >= 0.3 is 0 Å². The molecule has 3 nitrogen and oxygen atoms in total. The molecule has 0 spiro atoms. The Kier molecular flexibility index (Phi) is 7.74. The Morgan fingerprint density at radius 1 is 1.30 bits per heavy atom. The van der Waals surface area contributed by atoms with Crippen LogP contribution in [-0.2, 0) is 0 Å². The minimum absolute atomic E-state index is 0.105. The summed E-state index contributed by atoms with van der Waals surface area (Å²) in [5.41, 5.74) is 7.51. The summed E-state index contributed by atoms with van der Waals surface area (Å²) in [5, 5.41) is 0. The number of hydrogen-bond acceptors (Lipinski definition) is 3. The zero-order valence-electron chi connectivity index (χ0n) is 13.1. The predicted molar refractivity (Wildman–Crippen MR) is 91.0 cm³/mol. The second-order valence-corrected chi connectivity index (χ2v) is 6.61. The minimum atomic E-state index is 0.105. The quantitative estimate of drug-likeness (QED) is 0.788. The summed E-state index contributed by atoms with van der Waals surface area (Å²) < 4.78 is 1.10. The molecule has 2 atom stereocenters. The average molecular weight is 342 g/mol. The molecule has 0 saturated heterocycles. The number of nitrogens with zero attached hydrogens (tertiary/aromatic N) is 2. The van der Waals surface area contributed by atoms with Crippen molar-refractivity contribution in [3.05, 3.63) is 34.3 Å². The number of hydrogen-bond donors (Lipinski definition) is 1. The van der Waals surface area contributed by atoms with E-state index in [0.717, 1.165) is 30.5 Å². The van der Waals surface area contributed by atoms with E-state index in [1.165, 1.54) is 5.56 Å². The van der Waals surface area contributed by atoms with Crippen LogP contribution in [0, 0.1) is 0 Å². The van der Waals surface area contributed by atoms with E-state index in [0.29, 0.717) is 6.04 Å². The Morgan fingerprint density at radius 3 is 2.55 bits per heavy atom. The summed E-state index contributed by atoms with van der Waals surface area (Å²) in [7, 11) is 4.25. The van der Waals surface area contributed by atoms with Crippen LogP contribution >= 0.6 is 15.9 Å². The fourth-order valence-electron chi connectivity index (χ4n) is 2.54. The Morgan fingerprint density at radius 2 is 2.00 bits per heavy atom. The van der Waals surface area contributed by atoms with Crippen molar-refractivity contribution in [3.8, 4) is 0 Å². The van der Waals surface area contributed by atoms with Crippen LogP contribution in [0.2, 0.25) is 0 Å². The Bertz CT molecular complexity index is 395. The largest absolute Gasteiger partial charge is 0.324 e. The zero-order chi connectivity index (χ0) is 15.1. The highest BCUT2D eigenvalue weighted by molar-refractivity contribution is 9.10. The number of benzene rings is 1. The molecule has 0 bridgehead atoms. The standard InChI is InChI=1S/C16H28BrN3/c1-5-20(13(2)12-19(3)4)10-9-16(18)14-7-6-8-15(17)11-14/h6-8,11,13,16H,5,9-10,12,18H2,1-4H3. The van der Waals surface area contributed by atoms with Gasteiger partial charge in [0.05, 0.1) is 0 Å². The van der Waals surface area contributed by atoms with Crippen molar-refractivity contribution >= 4 is 15.9 Å². The van der Waals surface area contributed by atoms with Crippen molar-refractivity contribution in [2.45, 2.75) is 32.4 Å². The van der Waals surface area contributed by atoms with E-state index in [1.54, 1.807) is 0 Å². The van der Waals surface area contributed by atoms with E-state index >= 15 is 0 Å². The first-order valence-corrected chi connectivity index (χ1v) is 8.13. The molecular weight excluding hydrogens is 314 g/mol. The van der Waals surface area contributed by atoms with Gasteiger partial charge in [0, 0.05) is 29.6 Å². The third-order valence-electron chi connectivity index (χ3n) is 3.66. The first-order valence-electron chi connectivity index (χ1n) is 7.33. The first-order chi connectivity index (χ1) is 9.43. The minimum Gasteiger partial charge on any atom is -0.324 e. The van der Waals surface area contributed by atoms with Crippen molar-refractivity contribution in [2.24, 2.45) is 5.73 Å². The molecule has 1 aromatic rings. The molecule has 2 unspecified atom stereocenters. The number of rotatable bonds is 8. The number of nitrogens with two attached hydrogens (primary N) is 1. The normalized spacial score (nSPS) is 14.8. The lowest BCUT2D eigenvalue weighted by atomic mass is 10.0. The maximum Gasteiger partial charge on any atom is 0.0307 e. The highest BCUT2D eigenvalue weighted by Crippen LogP contribution is 2.19. The lowest BCUT2D eigenvalue weighted by Crippen LogP contribution is -2.41. The van der Waals surface area contributed by atoms with Gasteiger partial charge in [0.2, 0.25) is 0 Å². The predicted octanol–water partition coefficient (Wildman–Crippen LogP) is 3.11. The molecule has 1 aromatic carbocycles. The highest BCUT2D eigenvalue weighted by atomic mass is 79.9. The van der Waals surface area contributed by atoms with Gasteiger partial charge in [0.15, 0.2) is 0 Å². The maximum atomic E-state index is 6.31. The fraction of sp³-hybridized carbons (Fsp3) is 0.625. The molecule has 0 saturated carbocycles. The molecule has 0 aromatic heterocycles. The van der Waals surface area contributed by atoms with E-state index in [-0.39, 0.29) is 6.04 Å². The van der Waals surface area contributed by atoms with Gasteiger partial charge in [0.25, 0.3) is 0 Å². The Hall–Kier alpha value is -0.420. The van der Waals surface area contributed by atoms with Gasteiger partial charge in [-0.2, -0.15) is 0 Å². The van der Waals surface area contributed by atoms with Crippen molar-refractivity contribution < 1.29 is 0 Å². The molecule has 2 N–H and O–H groups in total. The van der Waals surface area contributed by atoms with Crippen LogP contribution in [0.15, 0.2) is 28.7 Å². The summed E-state index contributed by atoms with van der Waals surface area (Å²) >= 11 is 3.50. The van der Waals surface area contributed by atoms with E-state index < -0.39 is 0 Å². The fourth-order valence-corrected chi connectivity index (χ4v) is 2.96. The zero-order valence-corrected chi connectivity index (χ0v) is 14.7. The third-order valence-corrected chi connectivity index (χ3v) is 4.16. The summed E-state index contributed by atoms with van der Waals surface area (Å²) in [6.45, 7) is 7.70. The summed E-state index contributed by atoms with van der Waals surface area (Å²) in [6, 6.07) is 8.97. The second kappa shape index (κ2) is 8.78. The monoisotopic (exact) mass is 341 g/mol. The summed E-state index contributed by atoms with van der Waals surface area (Å²) in [6.07, 6.45) is 0.988. The van der Waals surface area contributed by atoms with Crippen LogP contribution in [0.4, 0.5) is 0 Å². The number of halogens is 1. The molecule has 4 heteroatoms. The van der Waals surface area contributed by atoms with Crippen LogP contribution < -0.4 is 5.73 Å². The van der Waals surface area contributed by atoms with Gasteiger partial charge in [-0.3, -0.25) is 4.90 Å². The molecule has 114 valence electrons. The van der Waals surface area contributed by atoms with E-state index in [4.69, 9.17) is 5.73 Å². The van der Waals surface area contributed by atoms with E-state index in [2.05, 4.69) is 65.8 Å². The molecule has 0 aliphatic carbocycles. The summed E-state index contributed by atoms with van der Waals surface area (Å²) in [5.74, 6) is 0. The molecular formula is C16H28BrN3. The van der Waals surface area contributed by atoms with Gasteiger partial charge < -0.3 is 10.6 Å². The van der Waals surface area contributed by atoms with Crippen LogP contribution in [0.1, 0.15) is 31.9 Å². The van der Waals surface area contributed by atoms with Gasteiger partial charge in [-0.15, -0.1) is 0 Å². The van der Waals surface area contributed by atoms with Crippen molar-refractivity contribution in [1.29, 1.82) is 0 Å². The lowest BCUT2D eigenvalue weighted by Gasteiger charge is -2.30. The van der Waals surface area contributed by atoms with Crippen LogP contribution in [0.3, 0.4) is 0 Å². The first kappa shape index (κ1) is 17.6. The van der Waals surface area contributed by atoms with Crippen molar-refractivity contribution in [1.82, 2.24) is 9.80 Å². The topological polar surface area (TPSA) is 32.5 Å². The Labute approximate surface area is 132 Å². The molecule has 0 aliphatic rings. The van der Waals surface area contributed by atoms with Crippen molar-refractivity contribution in [3.63, 3.8) is 0 Å². The lowest BCUT2D eigenvalue weighted by molar-refractivity contribution is 0.176. The van der Waals surface area contributed by atoms with Gasteiger partial charge in [0.1, 0.15) is 0 Å². The summed E-state index contributed by atoms with van der Waals surface area (Å²) in [4.78, 5) is 4.74. The highest BCUT2D eigenvalue weighted by Gasteiger charge is 2.15. The average Bonchev–Trinajstić information content (AvgIpc) is 2.38. The maximum absolute atomic E-state index is 6.31. The second-order valence-electron chi connectivity index (χ2n) is 5.69. The molecule has 0 fully saturated rings.